The summed E-state index contributed by atoms with van der Waals surface area (Å²) in [6, 6.07) is 4.72. The third-order valence-electron chi connectivity index (χ3n) is 1.76. The average Bonchev–Trinajstić information content (AvgIpc) is 2.20. The van der Waals surface area contributed by atoms with Crippen molar-refractivity contribution >= 4 is 29.1 Å². The Balaban J connectivity index is 2.81. The fraction of sp³-hybridized carbons (Fsp3) is 0.333. The maximum atomic E-state index is 10.7. The minimum Gasteiger partial charge on any atom is -0.330 e. The van der Waals surface area contributed by atoms with Crippen molar-refractivity contribution in [3.8, 4) is 0 Å². The van der Waals surface area contributed by atoms with E-state index >= 15 is 0 Å². The molecule has 0 amide bonds. The van der Waals surface area contributed by atoms with Gasteiger partial charge < -0.3 is 5.73 Å². The predicted molar refractivity (Wildman–Crippen MR) is 63.3 cm³/mol. The van der Waals surface area contributed by atoms with Gasteiger partial charge in [-0.1, -0.05) is 11.6 Å². The van der Waals surface area contributed by atoms with E-state index in [-0.39, 0.29) is 5.69 Å². The fourth-order valence-corrected chi connectivity index (χ4v) is 2.04. The Morgan fingerprint density at radius 2 is 2.27 bits per heavy atom. The number of hydrogen-bond donors (Lipinski definition) is 1. The fourth-order valence-electron chi connectivity index (χ4n) is 1.09. The van der Waals surface area contributed by atoms with Crippen LogP contribution in [0.25, 0.3) is 0 Å². The molecule has 1 rings (SSSR count). The molecule has 15 heavy (non-hydrogen) atoms. The molecule has 0 saturated carbocycles. The van der Waals surface area contributed by atoms with Crippen LogP contribution in [0, 0.1) is 10.1 Å². The van der Waals surface area contributed by atoms with E-state index in [0.29, 0.717) is 22.9 Å². The van der Waals surface area contributed by atoms with Gasteiger partial charge in [0.05, 0.1) is 4.92 Å². The Hall–Kier alpha value is -0.780. The molecule has 0 unspecified atom stereocenters. The van der Waals surface area contributed by atoms with Crippen molar-refractivity contribution in [2.75, 3.05) is 12.3 Å². The maximum Gasteiger partial charge on any atom is 0.274 e. The van der Waals surface area contributed by atoms with Gasteiger partial charge in [-0.2, -0.15) is 11.8 Å². The Kier molecular flexibility index (Phi) is 4.87. The number of nitrogens with zero attached hydrogens (tertiary/aromatic N) is 1. The molecule has 82 valence electrons. The number of nitro groups is 1. The van der Waals surface area contributed by atoms with E-state index in [4.69, 9.17) is 17.3 Å². The SMILES string of the molecule is NCCSCc1ccc(Cl)cc1[N+](=O)[O-]. The van der Waals surface area contributed by atoms with Crippen LogP contribution in [0.15, 0.2) is 18.2 Å². The molecular weight excluding hydrogens is 236 g/mol. The Bertz CT molecular complexity index is 360. The molecule has 0 aliphatic heterocycles. The molecule has 0 heterocycles. The summed E-state index contributed by atoms with van der Waals surface area (Å²) in [6.45, 7) is 0.575. The van der Waals surface area contributed by atoms with Crippen molar-refractivity contribution in [3.05, 3.63) is 38.9 Å². The number of rotatable bonds is 5. The van der Waals surface area contributed by atoms with Crippen molar-refractivity contribution in [1.29, 1.82) is 0 Å². The van der Waals surface area contributed by atoms with Crippen LogP contribution in [0.1, 0.15) is 5.56 Å². The summed E-state index contributed by atoms with van der Waals surface area (Å²) in [7, 11) is 0. The van der Waals surface area contributed by atoms with Crippen molar-refractivity contribution in [3.63, 3.8) is 0 Å². The number of benzene rings is 1. The summed E-state index contributed by atoms with van der Waals surface area (Å²) >= 11 is 7.26. The lowest BCUT2D eigenvalue weighted by Gasteiger charge is -2.02. The van der Waals surface area contributed by atoms with Gasteiger partial charge >= 0.3 is 0 Å². The highest BCUT2D eigenvalue weighted by atomic mass is 35.5. The zero-order valence-corrected chi connectivity index (χ0v) is 9.55. The summed E-state index contributed by atoms with van der Waals surface area (Å²) in [5.74, 6) is 1.38. The first-order valence-corrected chi connectivity index (χ1v) is 5.89. The molecule has 1 aromatic carbocycles. The molecule has 0 aromatic heterocycles. The molecular formula is C9H11ClN2O2S. The lowest BCUT2D eigenvalue weighted by atomic mass is 10.2. The van der Waals surface area contributed by atoms with E-state index < -0.39 is 4.92 Å². The molecule has 0 saturated heterocycles. The minimum atomic E-state index is -0.412. The monoisotopic (exact) mass is 246 g/mol. The normalized spacial score (nSPS) is 10.3. The third-order valence-corrected chi connectivity index (χ3v) is 3.04. The van der Waals surface area contributed by atoms with Crippen molar-refractivity contribution in [2.45, 2.75) is 5.75 Å². The second kappa shape index (κ2) is 5.95. The predicted octanol–water partition coefficient (Wildman–Crippen LogP) is 2.44. The van der Waals surface area contributed by atoms with Crippen LogP contribution in [0.5, 0.6) is 0 Å². The maximum absolute atomic E-state index is 10.7. The van der Waals surface area contributed by atoms with Crippen LogP contribution in [0.3, 0.4) is 0 Å². The van der Waals surface area contributed by atoms with E-state index in [1.807, 2.05) is 0 Å². The van der Waals surface area contributed by atoms with Gasteiger partial charge in [0.2, 0.25) is 0 Å². The summed E-state index contributed by atoms with van der Waals surface area (Å²) < 4.78 is 0. The zero-order valence-electron chi connectivity index (χ0n) is 7.98. The number of thioether (sulfide) groups is 1. The lowest BCUT2D eigenvalue weighted by molar-refractivity contribution is -0.385. The molecule has 0 spiro atoms. The van der Waals surface area contributed by atoms with Crippen LogP contribution >= 0.6 is 23.4 Å². The highest BCUT2D eigenvalue weighted by Crippen LogP contribution is 2.26. The first kappa shape index (κ1) is 12.3. The average molecular weight is 247 g/mol. The second-order valence-electron chi connectivity index (χ2n) is 2.87. The Labute approximate surface area is 96.9 Å². The van der Waals surface area contributed by atoms with Crippen LogP contribution < -0.4 is 5.73 Å². The van der Waals surface area contributed by atoms with E-state index in [2.05, 4.69) is 0 Å². The first-order valence-electron chi connectivity index (χ1n) is 4.35. The van der Waals surface area contributed by atoms with Crippen LogP contribution in [-0.4, -0.2) is 17.2 Å². The highest BCUT2D eigenvalue weighted by Gasteiger charge is 2.13. The smallest absolute Gasteiger partial charge is 0.274 e. The lowest BCUT2D eigenvalue weighted by Crippen LogP contribution is -2.02. The van der Waals surface area contributed by atoms with E-state index in [0.717, 1.165) is 5.75 Å². The van der Waals surface area contributed by atoms with Crippen LogP contribution in [0.2, 0.25) is 5.02 Å². The van der Waals surface area contributed by atoms with Gasteiger partial charge in [-0.3, -0.25) is 10.1 Å². The highest BCUT2D eigenvalue weighted by molar-refractivity contribution is 7.98. The molecule has 0 aliphatic carbocycles. The molecule has 0 radical (unpaired) electrons. The van der Waals surface area contributed by atoms with Crippen molar-refractivity contribution in [1.82, 2.24) is 0 Å². The summed E-state index contributed by atoms with van der Waals surface area (Å²) in [6.07, 6.45) is 0. The summed E-state index contributed by atoms with van der Waals surface area (Å²) in [5.41, 5.74) is 6.10. The van der Waals surface area contributed by atoms with E-state index in [1.54, 1.807) is 23.9 Å². The number of nitro benzene ring substituents is 1. The number of halogens is 1. The minimum absolute atomic E-state index is 0.0759. The molecule has 1 aromatic rings. The number of hydrogen-bond acceptors (Lipinski definition) is 4. The molecule has 0 fully saturated rings. The molecule has 2 N–H and O–H groups in total. The largest absolute Gasteiger partial charge is 0.330 e. The zero-order chi connectivity index (χ0) is 11.3. The molecule has 4 nitrogen and oxygen atoms in total. The molecule has 0 bridgehead atoms. The van der Waals surface area contributed by atoms with Gasteiger partial charge in [-0.15, -0.1) is 0 Å². The second-order valence-corrected chi connectivity index (χ2v) is 4.41. The van der Waals surface area contributed by atoms with Gasteiger partial charge in [0, 0.05) is 34.7 Å². The standard InChI is InChI=1S/C9H11ClN2O2S/c10-8-2-1-7(6-15-4-3-11)9(5-8)12(13)14/h1-2,5H,3-4,6,11H2. The third kappa shape index (κ3) is 3.70. The topological polar surface area (TPSA) is 69.2 Å². The molecule has 0 atom stereocenters. The van der Waals surface area contributed by atoms with Gasteiger partial charge in [0.15, 0.2) is 0 Å². The van der Waals surface area contributed by atoms with Crippen molar-refractivity contribution in [2.24, 2.45) is 5.73 Å². The summed E-state index contributed by atoms with van der Waals surface area (Å²) in [5, 5.41) is 11.1. The van der Waals surface area contributed by atoms with Gasteiger partial charge in [-0.05, 0) is 12.1 Å². The first-order chi connectivity index (χ1) is 7.15. The quantitative estimate of drug-likeness (QED) is 0.492. The van der Waals surface area contributed by atoms with E-state index in [1.165, 1.54) is 6.07 Å². The Morgan fingerprint density at radius 1 is 1.53 bits per heavy atom. The van der Waals surface area contributed by atoms with Crippen LogP contribution in [0.4, 0.5) is 5.69 Å². The molecule has 6 heteroatoms. The van der Waals surface area contributed by atoms with Crippen molar-refractivity contribution < 1.29 is 4.92 Å². The Morgan fingerprint density at radius 3 is 2.87 bits per heavy atom. The number of nitrogens with two attached hydrogens (primary N) is 1. The summed E-state index contributed by atoms with van der Waals surface area (Å²) in [4.78, 5) is 10.3. The van der Waals surface area contributed by atoms with E-state index in [9.17, 15) is 10.1 Å². The van der Waals surface area contributed by atoms with Crippen LogP contribution in [-0.2, 0) is 5.75 Å². The van der Waals surface area contributed by atoms with Gasteiger partial charge in [0.1, 0.15) is 0 Å². The van der Waals surface area contributed by atoms with Gasteiger partial charge in [-0.25, -0.2) is 0 Å². The molecule has 0 aliphatic rings. The van der Waals surface area contributed by atoms with Gasteiger partial charge in [0.25, 0.3) is 5.69 Å².